The van der Waals surface area contributed by atoms with Crippen molar-refractivity contribution in [3.05, 3.63) is 22.7 Å². The minimum absolute atomic E-state index is 0.0766. The summed E-state index contributed by atoms with van der Waals surface area (Å²) in [5.41, 5.74) is 0.740. The molecule has 0 fully saturated rings. The molecule has 1 unspecified atom stereocenters. The second-order valence-corrected chi connectivity index (χ2v) is 3.55. The van der Waals surface area contributed by atoms with Crippen LogP contribution in [0.4, 0.5) is 0 Å². The molecular formula is C10H13ClO3. The summed E-state index contributed by atoms with van der Waals surface area (Å²) in [6, 6.07) is 3.31. The van der Waals surface area contributed by atoms with E-state index in [9.17, 15) is 10.2 Å². The number of hydrogen-bond donors (Lipinski definition) is 2. The predicted octanol–water partition coefficient (Wildman–Crippen LogP) is 1.98. The van der Waals surface area contributed by atoms with Crippen molar-refractivity contribution in [3.63, 3.8) is 0 Å². The lowest BCUT2D eigenvalue weighted by Gasteiger charge is -2.12. The van der Waals surface area contributed by atoms with Gasteiger partial charge in [-0.1, -0.05) is 17.7 Å². The molecule has 2 N–H and O–H groups in total. The van der Waals surface area contributed by atoms with Crippen molar-refractivity contribution in [1.82, 2.24) is 0 Å². The van der Waals surface area contributed by atoms with E-state index in [1.54, 1.807) is 19.1 Å². The number of aromatic hydroxyl groups is 1. The first-order valence-corrected chi connectivity index (χ1v) is 4.66. The van der Waals surface area contributed by atoms with Gasteiger partial charge in [-0.2, -0.15) is 0 Å². The maximum Gasteiger partial charge on any atom is 0.177 e. The van der Waals surface area contributed by atoms with Crippen molar-refractivity contribution in [2.45, 2.75) is 19.4 Å². The fraction of sp³-hybridized carbons (Fsp3) is 0.400. The lowest BCUT2D eigenvalue weighted by atomic mass is 10.1. The molecule has 0 saturated heterocycles. The molecule has 1 atom stereocenters. The summed E-state index contributed by atoms with van der Waals surface area (Å²) in [6.07, 6.45) is -0.0575. The fourth-order valence-corrected chi connectivity index (χ4v) is 1.44. The van der Waals surface area contributed by atoms with Crippen LogP contribution in [-0.2, 0) is 6.42 Å². The summed E-state index contributed by atoms with van der Waals surface area (Å²) in [4.78, 5) is 0. The van der Waals surface area contributed by atoms with Gasteiger partial charge in [0, 0.05) is 12.0 Å². The van der Waals surface area contributed by atoms with Crippen LogP contribution in [0.1, 0.15) is 12.5 Å². The number of phenolic OH excluding ortho intramolecular Hbond substituents is 1. The molecule has 0 aliphatic rings. The van der Waals surface area contributed by atoms with Crippen LogP contribution in [-0.4, -0.2) is 23.4 Å². The topological polar surface area (TPSA) is 49.7 Å². The van der Waals surface area contributed by atoms with E-state index < -0.39 is 6.10 Å². The highest BCUT2D eigenvalue weighted by atomic mass is 35.5. The van der Waals surface area contributed by atoms with Crippen LogP contribution in [0.25, 0.3) is 0 Å². The third kappa shape index (κ3) is 2.30. The number of hydrogen-bond acceptors (Lipinski definition) is 3. The van der Waals surface area contributed by atoms with Crippen LogP contribution in [0.5, 0.6) is 11.5 Å². The van der Waals surface area contributed by atoms with E-state index in [-0.39, 0.29) is 10.8 Å². The maximum absolute atomic E-state index is 9.55. The van der Waals surface area contributed by atoms with Crippen molar-refractivity contribution in [3.8, 4) is 11.5 Å². The smallest absolute Gasteiger partial charge is 0.177 e. The lowest BCUT2D eigenvalue weighted by molar-refractivity contribution is 0.194. The largest absolute Gasteiger partial charge is 0.503 e. The Balaban J connectivity index is 3.10. The second kappa shape index (κ2) is 4.53. The maximum atomic E-state index is 9.55. The molecule has 14 heavy (non-hydrogen) atoms. The molecule has 0 saturated carbocycles. The summed E-state index contributed by atoms with van der Waals surface area (Å²) in [5, 5.41) is 19.0. The van der Waals surface area contributed by atoms with Gasteiger partial charge in [-0.25, -0.2) is 0 Å². The van der Waals surface area contributed by atoms with Crippen molar-refractivity contribution in [1.29, 1.82) is 0 Å². The van der Waals surface area contributed by atoms with Crippen LogP contribution in [0.2, 0.25) is 5.02 Å². The summed E-state index contributed by atoms with van der Waals surface area (Å²) < 4.78 is 5.01. The molecule has 0 spiro atoms. The summed E-state index contributed by atoms with van der Waals surface area (Å²) in [5.74, 6) is 0.255. The number of benzene rings is 1. The third-order valence-electron chi connectivity index (χ3n) is 1.88. The first-order chi connectivity index (χ1) is 6.56. The average molecular weight is 217 g/mol. The van der Waals surface area contributed by atoms with Gasteiger partial charge in [-0.3, -0.25) is 0 Å². The first-order valence-electron chi connectivity index (χ1n) is 4.28. The Bertz CT molecular complexity index is 323. The Morgan fingerprint density at radius 3 is 2.64 bits per heavy atom. The summed E-state index contributed by atoms with van der Waals surface area (Å²) >= 11 is 5.71. The average Bonchev–Trinajstić information content (AvgIpc) is 2.11. The SMILES string of the molecule is COc1c(CC(C)O)ccc(Cl)c1O. The Labute approximate surface area is 87.9 Å². The second-order valence-electron chi connectivity index (χ2n) is 3.14. The zero-order valence-corrected chi connectivity index (χ0v) is 8.88. The van der Waals surface area contributed by atoms with Crippen molar-refractivity contribution < 1.29 is 14.9 Å². The van der Waals surface area contributed by atoms with Crippen LogP contribution in [0.15, 0.2) is 12.1 Å². The Morgan fingerprint density at radius 1 is 1.50 bits per heavy atom. The quantitative estimate of drug-likeness (QED) is 0.813. The number of rotatable bonds is 3. The number of aliphatic hydroxyl groups is 1. The summed E-state index contributed by atoms with van der Waals surface area (Å²) in [6.45, 7) is 1.67. The highest BCUT2D eigenvalue weighted by molar-refractivity contribution is 6.32. The molecule has 0 radical (unpaired) electrons. The molecule has 1 rings (SSSR count). The molecule has 0 bridgehead atoms. The minimum atomic E-state index is -0.482. The molecule has 1 aromatic rings. The molecule has 0 amide bonds. The number of phenols is 1. The van der Waals surface area contributed by atoms with Gasteiger partial charge in [-0.05, 0) is 13.0 Å². The highest BCUT2D eigenvalue weighted by Gasteiger charge is 2.13. The highest BCUT2D eigenvalue weighted by Crippen LogP contribution is 2.37. The van der Waals surface area contributed by atoms with Gasteiger partial charge in [0.15, 0.2) is 11.5 Å². The molecule has 4 heteroatoms. The van der Waals surface area contributed by atoms with Crippen LogP contribution in [0.3, 0.4) is 0 Å². The van der Waals surface area contributed by atoms with E-state index in [0.29, 0.717) is 12.2 Å². The minimum Gasteiger partial charge on any atom is -0.503 e. The zero-order valence-electron chi connectivity index (χ0n) is 8.12. The lowest BCUT2D eigenvalue weighted by Crippen LogP contribution is -2.05. The molecule has 0 aromatic heterocycles. The van der Waals surface area contributed by atoms with Crippen molar-refractivity contribution >= 4 is 11.6 Å². The van der Waals surface area contributed by atoms with Gasteiger partial charge in [0.1, 0.15) is 0 Å². The Hall–Kier alpha value is -0.930. The van der Waals surface area contributed by atoms with Gasteiger partial charge in [0.25, 0.3) is 0 Å². The van der Waals surface area contributed by atoms with Crippen LogP contribution >= 0.6 is 11.6 Å². The number of ether oxygens (including phenoxy) is 1. The normalized spacial score (nSPS) is 12.6. The van der Waals surface area contributed by atoms with E-state index in [4.69, 9.17) is 16.3 Å². The molecule has 78 valence electrons. The predicted molar refractivity (Wildman–Crippen MR) is 55.1 cm³/mol. The molecule has 0 aliphatic heterocycles. The summed E-state index contributed by atoms with van der Waals surface area (Å²) in [7, 11) is 1.46. The number of halogens is 1. The molecule has 0 heterocycles. The molecular weight excluding hydrogens is 204 g/mol. The van der Waals surface area contributed by atoms with Crippen molar-refractivity contribution in [2.75, 3.05) is 7.11 Å². The van der Waals surface area contributed by atoms with Crippen molar-refractivity contribution in [2.24, 2.45) is 0 Å². The van der Waals surface area contributed by atoms with Gasteiger partial charge in [0.2, 0.25) is 0 Å². The van der Waals surface area contributed by atoms with E-state index >= 15 is 0 Å². The number of methoxy groups -OCH3 is 1. The van der Waals surface area contributed by atoms with E-state index in [0.717, 1.165) is 5.56 Å². The first kappa shape index (κ1) is 11.1. The standard InChI is InChI=1S/C10H13ClO3/c1-6(12)5-7-3-4-8(11)9(13)10(7)14-2/h3-4,6,12-13H,5H2,1-2H3. The molecule has 0 aliphatic carbocycles. The van der Waals surface area contributed by atoms with Gasteiger partial charge >= 0.3 is 0 Å². The molecule has 1 aromatic carbocycles. The monoisotopic (exact) mass is 216 g/mol. The fourth-order valence-electron chi connectivity index (χ4n) is 1.30. The Morgan fingerprint density at radius 2 is 2.14 bits per heavy atom. The van der Waals surface area contributed by atoms with Gasteiger partial charge in [0.05, 0.1) is 18.2 Å². The van der Waals surface area contributed by atoms with E-state index in [2.05, 4.69) is 0 Å². The van der Waals surface area contributed by atoms with Crippen LogP contribution < -0.4 is 4.74 Å². The van der Waals surface area contributed by atoms with Gasteiger partial charge in [-0.15, -0.1) is 0 Å². The zero-order chi connectivity index (χ0) is 10.7. The van der Waals surface area contributed by atoms with Crippen LogP contribution in [0, 0.1) is 0 Å². The van der Waals surface area contributed by atoms with E-state index in [1.807, 2.05) is 0 Å². The molecule has 3 nitrogen and oxygen atoms in total. The number of aliphatic hydroxyl groups excluding tert-OH is 1. The Kier molecular flexibility index (Phi) is 3.61. The van der Waals surface area contributed by atoms with E-state index in [1.165, 1.54) is 7.11 Å². The van der Waals surface area contributed by atoms with Gasteiger partial charge < -0.3 is 14.9 Å². The third-order valence-corrected chi connectivity index (χ3v) is 2.19.